The molecule has 0 saturated carbocycles. The number of rotatable bonds is 6. The third-order valence-electron chi connectivity index (χ3n) is 5.95. The third-order valence-corrected chi connectivity index (χ3v) is 5.95. The quantitative estimate of drug-likeness (QED) is 0.514. The summed E-state index contributed by atoms with van der Waals surface area (Å²) in [7, 11) is 0. The zero-order valence-corrected chi connectivity index (χ0v) is 17.4. The van der Waals surface area contributed by atoms with Crippen molar-refractivity contribution in [2.45, 2.75) is 44.8 Å². The SMILES string of the molecule is CCC1(CC)C[C@@H](NC(=O)/C(=C/c2ccco2)c2ccccc2)c2ccccc2O1. The van der Waals surface area contributed by atoms with E-state index in [2.05, 4.69) is 19.2 Å². The molecule has 154 valence electrons. The van der Waals surface area contributed by atoms with Gasteiger partial charge in [0, 0.05) is 12.0 Å². The largest absolute Gasteiger partial charge is 0.487 e. The van der Waals surface area contributed by atoms with E-state index in [0.717, 1.165) is 36.1 Å². The Kier molecular flexibility index (Phi) is 5.75. The molecular weight excluding hydrogens is 374 g/mol. The smallest absolute Gasteiger partial charge is 0.252 e. The van der Waals surface area contributed by atoms with Gasteiger partial charge < -0.3 is 14.5 Å². The highest BCUT2D eigenvalue weighted by Crippen LogP contribution is 2.42. The number of furan rings is 1. The summed E-state index contributed by atoms with van der Waals surface area (Å²) < 4.78 is 11.9. The molecule has 1 aliphatic rings. The minimum atomic E-state index is -0.274. The van der Waals surface area contributed by atoms with E-state index >= 15 is 0 Å². The maximum atomic E-state index is 13.5. The minimum Gasteiger partial charge on any atom is -0.487 e. The summed E-state index contributed by atoms with van der Waals surface area (Å²) in [6.45, 7) is 4.28. The molecule has 1 aliphatic heterocycles. The van der Waals surface area contributed by atoms with Crippen molar-refractivity contribution < 1.29 is 13.9 Å². The number of nitrogens with one attached hydrogen (secondary N) is 1. The summed E-state index contributed by atoms with van der Waals surface area (Å²) in [6.07, 6.45) is 5.92. The van der Waals surface area contributed by atoms with Crippen LogP contribution in [0.25, 0.3) is 11.6 Å². The fourth-order valence-electron chi connectivity index (χ4n) is 4.08. The van der Waals surface area contributed by atoms with Crippen LogP contribution in [0.2, 0.25) is 0 Å². The molecule has 0 spiro atoms. The Morgan fingerprint density at radius 2 is 1.77 bits per heavy atom. The normalized spacial score (nSPS) is 17.7. The van der Waals surface area contributed by atoms with Crippen LogP contribution in [0, 0.1) is 0 Å². The molecule has 0 fully saturated rings. The summed E-state index contributed by atoms with van der Waals surface area (Å²) in [5.74, 6) is 1.38. The molecule has 4 heteroatoms. The van der Waals surface area contributed by atoms with Gasteiger partial charge in [0.05, 0.1) is 17.9 Å². The molecule has 4 rings (SSSR count). The van der Waals surface area contributed by atoms with Crippen LogP contribution in [0.5, 0.6) is 5.75 Å². The van der Waals surface area contributed by atoms with Crippen molar-refractivity contribution in [1.29, 1.82) is 0 Å². The van der Waals surface area contributed by atoms with Crippen LogP contribution in [-0.2, 0) is 4.79 Å². The molecular formula is C26H27NO3. The number of hydrogen-bond acceptors (Lipinski definition) is 3. The van der Waals surface area contributed by atoms with E-state index in [1.54, 1.807) is 12.3 Å². The lowest BCUT2D eigenvalue weighted by atomic mass is 9.83. The minimum absolute atomic E-state index is 0.119. The second-order valence-electron chi connectivity index (χ2n) is 7.70. The van der Waals surface area contributed by atoms with Crippen molar-refractivity contribution in [1.82, 2.24) is 5.32 Å². The molecule has 1 N–H and O–H groups in total. The predicted octanol–water partition coefficient (Wildman–Crippen LogP) is 6.02. The topological polar surface area (TPSA) is 51.5 Å². The molecule has 1 atom stereocenters. The molecule has 1 amide bonds. The maximum absolute atomic E-state index is 13.5. The Hall–Kier alpha value is -3.27. The van der Waals surface area contributed by atoms with Gasteiger partial charge in [-0.1, -0.05) is 62.4 Å². The average Bonchev–Trinajstić information content (AvgIpc) is 3.31. The molecule has 0 saturated heterocycles. The van der Waals surface area contributed by atoms with Gasteiger partial charge in [0.15, 0.2) is 0 Å². The zero-order chi connectivity index (χ0) is 21.0. The first-order valence-electron chi connectivity index (χ1n) is 10.5. The first kappa shape index (κ1) is 20.0. The number of ether oxygens (including phenoxy) is 1. The number of hydrogen-bond donors (Lipinski definition) is 1. The Bertz CT molecular complexity index is 1020. The number of amides is 1. The van der Waals surface area contributed by atoms with Gasteiger partial charge in [-0.25, -0.2) is 0 Å². The van der Waals surface area contributed by atoms with E-state index in [4.69, 9.17) is 9.15 Å². The highest BCUT2D eigenvalue weighted by Gasteiger charge is 2.39. The van der Waals surface area contributed by atoms with Crippen molar-refractivity contribution >= 4 is 17.6 Å². The van der Waals surface area contributed by atoms with E-state index in [9.17, 15) is 4.79 Å². The average molecular weight is 402 g/mol. The van der Waals surface area contributed by atoms with E-state index in [1.807, 2.05) is 66.7 Å². The molecule has 0 aliphatic carbocycles. The first-order valence-corrected chi connectivity index (χ1v) is 10.5. The predicted molar refractivity (Wildman–Crippen MR) is 119 cm³/mol. The molecule has 0 unspecified atom stereocenters. The van der Waals surface area contributed by atoms with E-state index in [-0.39, 0.29) is 17.6 Å². The van der Waals surface area contributed by atoms with Gasteiger partial charge in [0.1, 0.15) is 17.1 Å². The maximum Gasteiger partial charge on any atom is 0.252 e. The van der Waals surface area contributed by atoms with E-state index in [1.165, 1.54) is 0 Å². The molecule has 0 bridgehead atoms. The van der Waals surface area contributed by atoms with Crippen LogP contribution in [0.15, 0.2) is 77.4 Å². The van der Waals surface area contributed by atoms with Crippen LogP contribution in [-0.4, -0.2) is 11.5 Å². The van der Waals surface area contributed by atoms with Crippen molar-refractivity contribution in [3.8, 4) is 5.75 Å². The molecule has 2 aromatic carbocycles. The van der Waals surface area contributed by atoms with Crippen LogP contribution >= 0.6 is 0 Å². The lowest BCUT2D eigenvalue weighted by Crippen LogP contribution is -2.44. The van der Waals surface area contributed by atoms with Gasteiger partial charge in [-0.2, -0.15) is 0 Å². The van der Waals surface area contributed by atoms with Crippen LogP contribution in [0.4, 0.5) is 0 Å². The second-order valence-corrected chi connectivity index (χ2v) is 7.70. The number of benzene rings is 2. The third kappa shape index (κ3) is 4.04. The zero-order valence-electron chi connectivity index (χ0n) is 17.4. The molecule has 3 aromatic rings. The number of carbonyl (C=O) groups excluding carboxylic acids is 1. The fourth-order valence-corrected chi connectivity index (χ4v) is 4.08. The number of para-hydroxylation sites is 1. The molecule has 2 heterocycles. The van der Waals surface area contributed by atoms with E-state index in [0.29, 0.717) is 11.3 Å². The van der Waals surface area contributed by atoms with Crippen molar-refractivity contribution in [3.63, 3.8) is 0 Å². The number of fused-ring (bicyclic) bond motifs is 1. The van der Waals surface area contributed by atoms with Crippen LogP contribution in [0.1, 0.15) is 56.0 Å². The second kappa shape index (κ2) is 8.62. The molecule has 0 radical (unpaired) electrons. The molecule has 30 heavy (non-hydrogen) atoms. The summed E-state index contributed by atoms with van der Waals surface area (Å²) in [5.41, 5.74) is 2.18. The van der Waals surface area contributed by atoms with E-state index < -0.39 is 0 Å². The van der Waals surface area contributed by atoms with Crippen LogP contribution in [0.3, 0.4) is 0 Å². The molecule has 4 nitrogen and oxygen atoms in total. The van der Waals surface area contributed by atoms with Gasteiger partial charge in [-0.3, -0.25) is 4.79 Å². The van der Waals surface area contributed by atoms with Crippen molar-refractivity contribution in [3.05, 3.63) is 89.9 Å². The van der Waals surface area contributed by atoms with Gasteiger partial charge in [0.2, 0.25) is 0 Å². The lowest BCUT2D eigenvalue weighted by Gasteiger charge is -2.41. The molecule has 1 aromatic heterocycles. The highest BCUT2D eigenvalue weighted by atomic mass is 16.5. The Morgan fingerprint density at radius 3 is 2.47 bits per heavy atom. The monoisotopic (exact) mass is 401 g/mol. The summed E-state index contributed by atoms with van der Waals surface area (Å²) in [5, 5.41) is 3.28. The van der Waals surface area contributed by atoms with Crippen molar-refractivity contribution in [2.24, 2.45) is 0 Å². The Balaban J connectivity index is 1.68. The summed E-state index contributed by atoms with van der Waals surface area (Å²) in [4.78, 5) is 13.5. The summed E-state index contributed by atoms with van der Waals surface area (Å²) in [6, 6.07) is 21.2. The van der Waals surface area contributed by atoms with Crippen molar-refractivity contribution in [2.75, 3.05) is 0 Å². The van der Waals surface area contributed by atoms with Gasteiger partial charge in [-0.15, -0.1) is 0 Å². The number of carbonyl (C=O) groups is 1. The first-order chi connectivity index (χ1) is 14.6. The fraction of sp³-hybridized carbons (Fsp3) is 0.269. The Morgan fingerprint density at radius 1 is 1.03 bits per heavy atom. The van der Waals surface area contributed by atoms with Gasteiger partial charge in [0.25, 0.3) is 5.91 Å². The Labute approximate surface area is 177 Å². The van der Waals surface area contributed by atoms with Crippen LogP contribution < -0.4 is 10.1 Å². The standard InChI is InChI=1S/C26H27NO3/c1-3-26(4-2)18-23(21-14-8-9-15-24(21)30-26)27-25(28)22(17-20-13-10-16-29-20)19-11-6-5-7-12-19/h5-17,23H,3-4,18H2,1-2H3,(H,27,28)/b22-17+/t23-/m1/s1. The van der Waals surface area contributed by atoms with Gasteiger partial charge >= 0.3 is 0 Å². The lowest BCUT2D eigenvalue weighted by molar-refractivity contribution is -0.117. The summed E-state index contributed by atoms with van der Waals surface area (Å²) >= 11 is 0. The highest BCUT2D eigenvalue weighted by molar-refractivity contribution is 6.24. The van der Waals surface area contributed by atoms with Gasteiger partial charge in [-0.05, 0) is 42.7 Å².